The van der Waals surface area contributed by atoms with Gasteiger partial charge in [0.2, 0.25) is 0 Å². The molecule has 2 unspecified atom stereocenters. The van der Waals surface area contributed by atoms with Gasteiger partial charge in [-0.05, 0) is 48.5 Å². The highest BCUT2D eigenvalue weighted by Crippen LogP contribution is 2.26. The number of nitrogens with zero attached hydrogens (tertiary/aromatic N) is 2. The maximum atomic E-state index is 2.66. The molecule has 1 aliphatic rings. The molecule has 0 aromatic rings. The Morgan fingerprint density at radius 2 is 1.40 bits per heavy atom. The van der Waals surface area contributed by atoms with E-state index in [1.54, 1.807) is 0 Å². The molecule has 0 aromatic heterocycles. The van der Waals surface area contributed by atoms with Crippen molar-refractivity contribution < 1.29 is 0 Å². The molecule has 1 fully saturated rings. The van der Waals surface area contributed by atoms with Crippen LogP contribution >= 0.6 is 0 Å². The van der Waals surface area contributed by atoms with E-state index in [1.165, 1.54) is 13.1 Å². The fraction of sp³-hybridized carbons (Fsp3) is 1.00. The minimum absolute atomic E-state index is 0.294. The van der Waals surface area contributed by atoms with E-state index in [4.69, 9.17) is 0 Å². The van der Waals surface area contributed by atoms with Gasteiger partial charge < -0.3 is 0 Å². The molecule has 2 atom stereocenters. The molecule has 0 N–H and O–H groups in total. The molecule has 0 amide bonds. The van der Waals surface area contributed by atoms with E-state index in [1.807, 2.05) is 0 Å². The van der Waals surface area contributed by atoms with Crippen LogP contribution in [0.3, 0.4) is 0 Å². The molecule has 2 heteroatoms. The monoisotopic (exact) mass is 212 g/mol. The average Bonchev–Trinajstić information content (AvgIpc) is 1.99. The van der Waals surface area contributed by atoms with E-state index < -0.39 is 0 Å². The Morgan fingerprint density at radius 3 is 1.67 bits per heavy atom. The van der Waals surface area contributed by atoms with Gasteiger partial charge in [0, 0.05) is 36.8 Å². The van der Waals surface area contributed by atoms with Crippen molar-refractivity contribution in [2.75, 3.05) is 13.1 Å². The maximum absolute atomic E-state index is 2.66. The summed E-state index contributed by atoms with van der Waals surface area (Å²) < 4.78 is 0. The lowest BCUT2D eigenvalue weighted by atomic mass is 9.96. The van der Waals surface area contributed by atoms with Crippen molar-refractivity contribution in [3.63, 3.8) is 0 Å². The highest BCUT2D eigenvalue weighted by molar-refractivity contribution is 4.92. The Labute approximate surface area is 95.6 Å². The quantitative estimate of drug-likeness (QED) is 0.659. The highest BCUT2D eigenvalue weighted by atomic mass is 15.3. The van der Waals surface area contributed by atoms with E-state index in [-0.39, 0.29) is 0 Å². The van der Waals surface area contributed by atoms with Gasteiger partial charge in [-0.15, -0.1) is 0 Å². The Bertz CT molecular complexity index is 193. The first-order valence-corrected chi connectivity index (χ1v) is 6.26. The first-order chi connectivity index (χ1) is 6.73. The fourth-order valence-electron chi connectivity index (χ4n) is 3.11. The third-order valence-corrected chi connectivity index (χ3v) is 3.45. The van der Waals surface area contributed by atoms with Crippen LogP contribution in [0.5, 0.6) is 0 Å². The third kappa shape index (κ3) is 2.94. The van der Waals surface area contributed by atoms with Crippen LogP contribution in [0.15, 0.2) is 0 Å². The van der Waals surface area contributed by atoms with Gasteiger partial charge in [-0.1, -0.05) is 0 Å². The minimum Gasteiger partial charge on any atom is -0.298 e. The molecule has 1 saturated heterocycles. The van der Waals surface area contributed by atoms with E-state index in [0.717, 1.165) is 0 Å². The van der Waals surface area contributed by atoms with Gasteiger partial charge in [0.05, 0.1) is 0 Å². The molecule has 90 valence electrons. The summed E-state index contributed by atoms with van der Waals surface area (Å²) in [6.07, 6.45) is 0. The van der Waals surface area contributed by atoms with E-state index in [9.17, 15) is 0 Å². The zero-order chi connectivity index (χ0) is 11.8. The zero-order valence-corrected chi connectivity index (χ0v) is 11.5. The molecule has 15 heavy (non-hydrogen) atoms. The van der Waals surface area contributed by atoms with Crippen LogP contribution in [0, 0.1) is 0 Å². The van der Waals surface area contributed by atoms with Crippen molar-refractivity contribution in [1.82, 2.24) is 9.80 Å². The summed E-state index contributed by atoms with van der Waals surface area (Å²) in [5, 5.41) is 0. The van der Waals surface area contributed by atoms with Crippen LogP contribution in [-0.2, 0) is 0 Å². The molecule has 1 aliphatic heterocycles. The highest BCUT2D eigenvalue weighted by Gasteiger charge is 2.36. The lowest BCUT2D eigenvalue weighted by Crippen LogP contribution is -2.63. The first kappa shape index (κ1) is 13.0. The van der Waals surface area contributed by atoms with Crippen molar-refractivity contribution in [3.05, 3.63) is 0 Å². The predicted octanol–water partition coefficient (Wildman–Crippen LogP) is 2.59. The van der Waals surface area contributed by atoms with Gasteiger partial charge in [0.25, 0.3) is 0 Å². The number of piperazine rings is 1. The second-order valence-corrected chi connectivity index (χ2v) is 6.32. The van der Waals surface area contributed by atoms with Crippen molar-refractivity contribution in [2.24, 2.45) is 0 Å². The van der Waals surface area contributed by atoms with Gasteiger partial charge in [-0.2, -0.15) is 0 Å². The molecule has 0 saturated carbocycles. The lowest BCUT2D eigenvalue weighted by Gasteiger charge is -2.51. The molecular weight excluding hydrogens is 184 g/mol. The normalized spacial score (nSPS) is 31.2. The van der Waals surface area contributed by atoms with Crippen molar-refractivity contribution in [3.8, 4) is 0 Å². The summed E-state index contributed by atoms with van der Waals surface area (Å²) in [5.74, 6) is 0. The van der Waals surface area contributed by atoms with Gasteiger partial charge in [-0.3, -0.25) is 9.80 Å². The third-order valence-electron chi connectivity index (χ3n) is 3.45. The van der Waals surface area contributed by atoms with Crippen LogP contribution < -0.4 is 0 Å². The van der Waals surface area contributed by atoms with Crippen LogP contribution in [0.2, 0.25) is 0 Å². The van der Waals surface area contributed by atoms with E-state index >= 15 is 0 Å². The summed E-state index contributed by atoms with van der Waals surface area (Å²) >= 11 is 0. The standard InChI is InChI=1S/C13H28N2/c1-10(2)14-8-11(3)15(12(4)9-14)13(5,6)7/h10-12H,8-9H2,1-7H3. The molecule has 0 aromatic carbocycles. The van der Waals surface area contributed by atoms with Crippen LogP contribution in [0.4, 0.5) is 0 Å². The van der Waals surface area contributed by atoms with Gasteiger partial charge in [0.15, 0.2) is 0 Å². The lowest BCUT2D eigenvalue weighted by molar-refractivity contribution is -0.0316. The van der Waals surface area contributed by atoms with Crippen LogP contribution in [0.1, 0.15) is 48.5 Å². The van der Waals surface area contributed by atoms with E-state index in [2.05, 4.69) is 58.3 Å². The number of rotatable bonds is 1. The largest absolute Gasteiger partial charge is 0.298 e. The molecule has 0 bridgehead atoms. The second kappa shape index (κ2) is 4.42. The molecule has 0 radical (unpaired) electrons. The topological polar surface area (TPSA) is 6.48 Å². The second-order valence-electron chi connectivity index (χ2n) is 6.32. The molecular formula is C13H28N2. The van der Waals surface area contributed by atoms with Gasteiger partial charge in [-0.25, -0.2) is 0 Å². The summed E-state index contributed by atoms with van der Waals surface area (Å²) in [6.45, 7) is 18.7. The maximum Gasteiger partial charge on any atom is 0.0203 e. The molecule has 1 heterocycles. The first-order valence-electron chi connectivity index (χ1n) is 6.26. The summed E-state index contributed by atoms with van der Waals surface area (Å²) in [6, 6.07) is 2.00. The Kier molecular flexibility index (Phi) is 3.83. The zero-order valence-electron chi connectivity index (χ0n) is 11.5. The smallest absolute Gasteiger partial charge is 0.0203 e. The van der Waals surface area contributed by atoms with Crippen molar-refractivity contribution in [1.29, 1.82) is 0 Å². The summed E-state index contributed by atoms with van der Waals surface area (Å²) in [5.41, 5.74) is 0.294. The molecule has 2 nitrogen and oxygen atoms in total. The van der Waals surface area contributed by atoms with Crippen molar-refractivity contribution in [2.45, 2.75) is 72.1 Å². The fourth-order valence-corrected chi connectivity index (χ4v) is 3.11. The molecule has 0 aliphatic carbocycles. The number of hydrogen-bond donors (Lipinski definition) is 0. The Hall–Kier alpha value is -0.0800. The summed E-state index contributed by atoms with van der Waals surface area (Å²) in [4.78, 5) is 5.25. The average molecular weight is 212 g/mol. The van der Waals surface area contributed by atoms with Crippen LogP contribution in [0.25, 0.3) is 0 Å². The Morgan fingerprint density at radius 1 is 1.00 bits per heavy atom. The van der Waals surface area contributed by atoms with Crippen LogP contribution in [-0.4, -0.2) is 46.6 Å². The van der Waals surface area contributed by atoms with Crippen molar-refractivity contribution >= 4 is 0 Å². The van der Waals surface area contributed by atoms with E-state index in [0.29, 0.717) is 23.7 Å². The minimum atomic E-state index is 0.294. The summed E-state index contributed by atoms with van der Waals surface area (Å²) in [7, 11) is 0. The Balaban J connectivity index is 2.73. The number of hydrogen-bond acceptors (Lipinski definition) is 2. The molecule has 0 spiro atoms. The molecule has 1 rings (SSSR count). The SMILES string of the molecule is CC(C)N1CC(C)N(C(C)(C)C)C(C)C1. The predicted molar refractivity (Wildman–Crippen MR) is 67.2 cm³/mol. The van der Waals surface area contributed by atoms with Gasteiger partial charge >= 0.3 is 0 Å². The van der Waals surface area contributed by atoms with Gasteiger partial charge in [0.1, 0.15) is 0 Å².